The molecule has 0 saturated carbocycles. The Kier molecular flexibility index (Phi) is 3.75. The van der Waals surface area contributed by atoms with Gasteiger partial charge in [-0.1, -0.05) is 6.07 Å². The van der Waals surface area contributed by atoms with Crippen molar-refractivity contribution in [2.24, 2.45) is 0 Å². The van der Waals surface area contributed by atoms with Gasteiger partial charge in [-0.3, -0.25) is 14.3 Å². The molecule has 0 radical (unpaired) electrons. The molecule has 0 unspecified atom stereocenters. The molecule has 4 rings (SSSR count). The third-order valence-corrected chi connectivity index (χ3v) is 4.33. The quantitative estimate of drug-likeness (QED) is 0.759. The van der Waals surface area contributed by atoms with Crippen LogP contribution in [0.2, 0.25) is 0 Å². The Morgan fingerprint density at radius 2 is 1.92 bits per heavy atom. The van der Waals surface area contributed by atoms with E-state index < -0.39 is 11.7 Å². The summed E-state index contributed by atoms with van der Waals surface area (Å²) in [7, 11) is 0. The van der Waals surface area contributed by atoms with E-state index in [-0.39, 0.29) is 18.2 Å². The van der Waals surface area contributed by atoms with Crippen LogP contribution < -0.4 is 5.32 Å². The van der Waals surface area contributed by atoms with Crippen LogP contribution in [0.15, 0.2) is 55.1 Å². The normalized spacial score (nSPS) is 16.9. The topological polar surface area (TPSA) is 59.8 Å². The Balaban J connectivity index is 1.75. The fraction of sp³-hybridized carbons (Fsp3) is 0.167. The molecule has 26 heavy (non-hydrogen) atoms. The molecule has 8 heteroatoms. The van der Waals surface area contributed by atoms with Gasteiger partial charge >= 0.3 is 6.18 Å². The first-order valence-corrected chi connectivity index (χ1v) is 7.88. The monoisotopic (exact) mass is 358 g/mol. The lowest BCUT2D eigenvalue weighted by Gasteiger charge is -2.23. The number of alkyl halides is 3. The molecule has 1 amide bonds. The smallest absolute Gasteiger partial charge is 0.310 e. The SMILES string of the molecule is O=C1C[C@@H](c2cccnc2)c2ncn(-c3ccc(C(F)(F)F)cc3)c2N1. The van der Waals surface area contributed by atoms with E-state index in [2.05, 4.69) is 15.3 Å². The van der Waals surface area contributed by atoms with Crippen molar-refractivity contribution >= 4 is 11.7 Å². The molecular weight excluding hydrogens is 345 g/mol. The van der Waals surface area contributed by atoms with Gasteiger partial charge in [0.1, 0.15) is 12.1 Å². The third-order valence-electron chi connectivity index (χ3n) is 4.33. The number of pyridine rings is 1. The minimum atomic E-state index is -4.40. The second kappa shape index (κ2) is 5.98. The van der Waals surface area contributed by atoms with Crippen LogP contribution in [0.3, 0.4) is 0 Å². The zero-order chi connectivity index (χ0) is 18.3. The number of carbonyl (C=O) groups excluding carboxylic acids is 1. The molecular formula is C18H13F3N4O. The first-order valence-electron chi connectivity index (χ1n) is 7.88. The van der Waals surface area contributed by atoms with Gasteiger partial charge in [0.25, 0.3) is 0 Å². The maximum atomic E-state index is 12.7. The Morgan fingerprint density at radius 1 is 1.15 bits per heavy atom. The summed E-state index contributed by atoms with van der Waals surface area (Å²) in [6, 6.07) is 8.37. The molecule has 1 aliphatic heterocycles. The van der Waals surface area contributed by atoms with Crippen LogP contribution in [0.4, 0.5) is 19.0 Å². The predicted molar refractivity (Wildman–Crippen MR) is 87.9 cm³/mol. The van der Waals surface area contributed by atoms with E-state index in [0.29, 0.717) is 17.2 Å². The van der Waals surface area contributed by atoms with Crippen LogP contribution in [-0.2, 0) is 11.0 Å². The lowest BCUT2D eigenvalue weighted by atomic mass is 9.91. The van der Waals surface area contributed by atoms with Gasteiger partial charge in [-0.2, -0.15) is 13.2 Å². The number of hydrogen-bond acceptors (Lipinski definition) is 3. The van der Waals surface area contributed by atoms with Gasteiger partial charge in [-0.05, 0) is 35.9 Å². The zero-order valence-electron chi connectivity index (χ0n) is 13.4. The molecule has 2 aromatic heterocycles. The minimum Gasteiger partial charge on any atom is -0.310 e. The molecule has 0 spiro atoms. The number of rotatable bonds is 2. The largest absolute Gasteiger partial charge is 0.416 e. The van der Waals surface area contributed by atoms with E-state index in [1.54, 1.807) is 23.0 Å². The molecule has 1 aliphatic rings. The van der Waals surface area contributed by atoms with Crippen molar-refractivity contribution in [2.75, 3.05) is 5.32 Å². The van der Waals surface area contributed by atoms with E-state index in [0.717, 1.165) is 17.7 Å². The van der Waals surface area contributed by atoms with Crippen molar-refractivity contribution in [3.05, 3.63) is 71.9 Å². The van der Waals surface area contributed by atoms with Crippen LogP contribution in [0.1, 0.15) is 29.2 Å². The lowest BCUT2D eigenvalue weighted by Crippen LogP contribution is -2.25. The van der Waals surface area contributed by atoms with Crippen LogP contribution in [0, 0.1) is 0 Å². The van der Waals surface area contributed by atoms with Gasteiger partial charge < -0.3 is 5.32 Å². The average Bonchev–Trinajstić information content (AvgIpc) is 3.05. The number of imidazole rings is 1. The summed E-state index contributed by atoms with van der Waals surface area (Å²) < 4.78 is 39.8. The molecule has 0 saturated heterocycles. The average molecular weight is 358 g/mol. The second-order valence-corrected chi connectivity index (χ2v) is 5.98. The first-order chi connectivity index (χ1) is 12.4. The van der Waals surface area contributed by atoms with E-state index in [9.17, 15) is 18.0 Å². The molecule has 3 aromatic rings. The predicted octanol–water partition coefficient (Wildman–Crippen LogP) is 3.76. The highest BCUT2D eigenvalue weighted by molar-refractivity contribution is 5.94. The number of carbonyl (C=O) groups is 1. The molecule has 3 heterocycles. The highest BCUT2D eigenvalue weighted by Gasteiger charge is 2.32. The molecule has 1 N–H and O–H groups in total. The lowest BCUT2D eigenvalue weighted by molar-refractivity contribution is -0.137. The van der Waals surface area contributed by atoms with Crippen molar-refractivity contribution < 1.29 is 18.0 Å². The molecule has 5 nitrogen and oxygen atoms in total. The van der Waals surface area contributed by atoms with E-state index >= 15 is 0 Å². The summed E-state index contributed by atoms with van der Waals surface area (Å²) in [5, 5.41) is 2.77. The number of halogens is 3. The number of aromatic nitrogens is 3. The Bertz CT molecular complexity index is 949. The van der Waals surface area contributed by atoms with Crippen molar-refractivity contribution in [1.29, 1.82) is 0 Å². The summed E-state index contributed by atoms with van der Waals surface area (Å²) >= 11 is 0. The molecule has 0 aliphatic carbocycles. The Labute approximate surface area is 146 Å². The van der Waals surface area contributed by atoms with Gasteiger partial charge in [-0.15, -0.1) is 0 Å². The number of anilines is 1. The standard InChI is InChI=1S/C18H13F3N4O/c19-18(20,21)12-3-5-13(6-4-12)25-10-23-16-14(8-15(26)24-17(16)25)11-2-1-7-22-9-11/h1-7,9-10,14H,8H2,(H,24,26)/t14-/m0/s1. The summed E-state index contributed by atoms with van der Waals surface area (Å²) in [5.74, 6) is 0.0398. The minimum absolute atomic E-state index is 0.181. The number of nitrogens with zero attached hydrogens (tertiary/aromatic N) is 3. The van der Waals surface area contributed by atoms with E-state index in [4.69, 9.17) is 0 Å². The van der Waals surface area contributed by atoms with Crippen LogP contribution >= 0.6 is 0 Å². The summed E-state index contributed by atoms with van der Waals surface area (Å²) in [5.41, 5.74) is 1.28. The number of benzene rings is 1. The van der Waals surface area contributed by atoms with Gasteiger partial charge in [0, 0.05) is 30.4 Å². The van der Waals surface area contributed by atoms with Crippen molar-refractivity contribution in [1.82, 2.24) is 14.5 Å². The molecule has 1 aromatic carbocycles. The highest BCUT2D eigenvalue weighted by Crippen LogP contribution is 2.37. The van der Waals surface area contributed by atoms with Gasteiger partial charge in [-0.25, -0.2) is 4.98 Å². The summed E-state index contributed by atoms with van der Waals surface area (Å²) in [4.78, 5) is 20.6. The summed E-state index contributed by atoms with van der Waals surface area (Å²) in [6.07, 6.45) is 0.676. The number of amides is 1. The second-order valence-electron chi connectivity index (χ2n) is 5.98. The zero-order valence-corrected chi connectivity index (χ0v) is 13.4. The molecule has 1 atom stereocenters. The fourth-order valence-corrected chi connectivity index (χ4v) is 3.07. The molecule has 132 valence electrons. The number of fused-ring (bicyclic) bond motifs is 1. The van der Waals surface area contributed by atoms with Crippen LogP contribution in [0.25, 0.3) is 5.69 Å². The summed E-state index contributed by atoms with van der Waals surface area (Å²) in [6.45, 7) is 0. The van der Waals surface area contributed by atoms with Gasteiger partial charge in [0.15, 0.2) is 0 Å². The Hall–Kier alpha value is -3.16. The highest BCUT2D eigenvalue weighted by atomic mass is 19.4. The van der Waals surface area contributed by atoms with Crippen LogP contribution in [-0.4, -0.2) is 20.4 Å². The fourth-order valence-electron chi connectivity index (χ4n) is 3.07. The molecule has 0 bridgehead atoms. The Morgan fingerprint density at radius 3 is 2.58 bits per heavy atom. The number of nitrogens with one attached hydrogen (secondary N) is 1. The number of hydrogen-bond donors (Lipinski definition) is 1. The van der Waals surface area contributed by atoms with Crippen molar-refractivity contribution in [3.63, 3.8) is 0 Å². The first kappa shape index (κ1) is 16.3. The molecule has 0 fully saturated rings. The van der Waals surface area contributed by atoms with E-state index in [1.807, 2.05) is 6.07 Å². The third kappa shape index (κ3) is 2.83. The maximum absolute atomic E-state index is 12.7. The van der Waals surface area contributed by atoms with E-state index in [1.165, 1.54) is 18.5 Å². The van der Waals surface area contributed by atoms with Crippen molar-refractivity contribution in [2.45, 2.75) is 18.5 Å². The maximum Gasteiger partial charge on any atom is 0.416 e. The van der Waals surface area contributed by atoms with Gasteiger partial charge in [0.05, 0.1) is 11.3 Å². The van der Waals surface area contributed by atoms with Crippen molar-refractivity contribution in [3.8, 4) is 5.69 Å². The van der Waals surface area contributed by atoms with Gasteiger partial charge in [0.2, 0.25) is 5.91 Å². The van der Waals surface area contributed by atoms with Crippen LogP contribution in [0.5, 0.6) is 0 Å².